The standard InChI is InChI=1S/C30H36N6O2/c1-20-10-11-21(2)27-25(20)18-26(30(37)31-27)28(29-32-33-34-36(29)19-24-9-6-16-38-24)35-14-12-23(13-15-35)17-22-7-4-3-5-8-22/h3-5,7-8,10-11,18,23-24,28H,6,9,12-17,19H2,1-2H3,(H,31,37)/t24-,28-/m0/s1. The van der Waals surface area contributed by atoms with E-state index in [2.05, 4.69) is 80.9 Å². The molecular formula is C30H36N6O2. The van der Waals surface area contributed by atoms with E-state index >= 15 is 0 Å². The summed E-state index contributed by atoms with van der Waals surface area (Å²) in [5.74, 6) is 1.34. The molecule has 6 rings (SSSR count). The van der Waals surface area contributed by atoms with Crippen molar-refractivity contribution in [1.29, 1.82) is 0 Å². The second kappa shape index (κ2) is 10.8. The lowest BCUT2D eigenvalue weighted by Gasteiger charge is -2.37. The molecule has 2 aromatic carbocycles. The second-order valence-corrected chi connectivity index (χ2v) is 11.0. The van der Waals surface area contributed by atoms with Gasteiger partial charge < -0.3 is 9.72 Å². The summed E-state index contributed by atoms with van der Waals surface area (Å²) in [5.41, 5.74) is 5.13. The van der Waals surface area contributed by atoms with Crippen LogP contribution in [0.25, 0.3) is 10.9 Å². The Kier molecular flexibility index (Phi) is 7.08. The van der Waals surface area contributed by atoms with Gasteiger partial charge in [0.25, 0.3) is 5.56 Å². The number of nitrogens with one attached hydrogen (secondary N) is 1. The third kappa shape index (κ3) is 5.02. The predicted molar refractivity (Wildman–Crippen MR) is 147 cm³/mol. The number of likely N-dealkylation sites (tertiary alicyclic amines) is 1. The number of hydrogen-bond acceptors (Lipinski definition) is 6. The van der Waals surface area contributed by atoms with E-state index < -0.39 is 0 Å². The molecule has 2 aliphatic rings. The molecule has 2 aromatic heterocycles. The van der Waals surface area contributed by atoms with Crippen molar-refractivity contribution < 1.29 is 4.74 Å². The number of hydrogen-bond donors (Lipinski definition) is 1. The maximum Gasteiger partial charge on any atom is 0.253 e. The average molecular weight is 513 g/mol. The Bertz CT molecular complexity index is 1450. The first-order chi connectivity index (χ1) is 18.6. The van der Waals surface area contributed by atoms with Crippen LogP contribution in [0.5, 0.6) is 0 Å². The maximum atomic E-state index is 13.7. The number of aromatic amines is 1. The van der Waals surface area contributed by atoms with E-state index in [-0.39, 0.29) is 17.7 Å². The minimum atomic E-state index is -0.322. The van der Waals surface area contributed by atoms with Gasteiger partial charge in [-0.3, -0.25) is 9.69 Å². The Morgan fingerprint density at radius 1 is 1.05 bits per heavy atom. The molecule has 2 saturated heterocycles. The van der Waals surface area contributed by atoms with Gasteiger partial charge in [0.15, 0.2) is 5.82 Å². The van der Waals surface area contributed by atoms with Crippen LogP contribution in [0.2, 0.25) is 0 Å². The van der Waals surface area contributed by atoms with Crippen molar-refractivity contribution >= 4 is 10.9 Å². The van der Waals surface area contributed by atoms with Gasteiger partial charge in [0.1, 0.15) is 6.04 Å². The predicted octanol–water partition coefficient (Wildman–Crippen LogP) is 4.35. The molecule has 2 atom stereocenters. The molecule has 0 unspecified atom stereocenters. The third-order valence-electron chi connectivity index (χ3n) is 8.35. The molecule has 1 N–H and O–H groups in total. The highest BCUT2D eigenvalue weighted by molar-refractivity contribution is 5.85. The van der Waals surface area contributed by atoms with Crippen molar-refractivity contribution in [3.63, 3.8) is 0 Å². The lowest BCUT2D eigenvalue weighted by atomic mass is 9.88. The van der Waals surface area contributed by atoms with Crippen molar-refractivity contribution in [2.75, 3.05) is 19.7 Å². The molecular weight excluding hydrogens is 476 g/mol. The van der Waals surface area contributed by atoms with Gasteiger partial charge in [-0.15, -0.1) is 5.10 Å². The van der Waals surface area contributed by atoms with Gasteiger partial charge in [0.2, 0.25) is 0 Å². The summed E-state index contributed by atoms with van der Waals surface area (Å²) in [7, 11) is 0. The van der Waals surface area contributed by atoms with Gasteiger partial charge in [-0.05, 0) is 98.1 Å². The minimum absolute atomic E-state index is 0.0747. The zero-order valence-electron chi connectivity index (χ0n) is 22.3. The Morgan fingerprint density at radius 3 is 2.61 bits per heavy atom. The first-order valence-electron chi connectivity index (χ1n) is 13.9. The Labute approximate surface area is 223 Å². The van der Waals surface area contributed by atoms with Crippen LogP contribution in [0.3, 0.4) is 0 Å². The topological polar surface area (TPSA) is 88.9 Å². The van der Waals surface area contributed by atoms with Crippen molar-refractivity contribution in [1.82, 2.24) is 30.1 Å². The number of piperidine rings is 1. The van der Waals surface area contributed by atoms with E-state index in [0.717, 1.165) is 79.7 Å². The van der Waals surface area contributed by atoms with Crippen LogP contribution in [0.4, 0.5) is 0 Å². The summed E-state index contributed by atoms with van der Waals surface area (Å²) >= 11 is 0. The van der Waals surface area contributed by atoms with Crippen molar-refractivity contribution in [2.24, 2.45) is 5.92 Å². The van der Waals surface area contributed by atoms with Crippen LogP contribution in [-0.4, -0.2) is 55.9 Å². The van der Waals surface area contributed by atoms with Crippen molar-refractivity contribution in [2.45, 2.75) is 64.6 Å². The smallest absolute Gasteiger partial charge is 0.253 e. The Hall–Kier alpha value is -3.36. The summed E-state index contributed by atoms with van der Waals surface area (Å²) in [6.45, 7) is 7.29. The lowest BCUT2D eigenvalue weighted by molar-refractivity contribution is 0.0892. The molecule has 8 nitrogen and oxygen atoms in total. The van der Waals surface area contributed by atoms with E-state index in [1.165, 1.54) is 5.56 Å². The molecule has 0 radical (unpaired) electrons. The number of ether oxygens (including phenoxy) is 1. The van der Waals surface area contributed by atoms with Crippen LogP contribution in [0, 0.1) is 19.8 Å². The number of aryl methyl sites for hydroxylation is 2. The molecule has 38 heavy (non-hydrogen) atoms. The molecule has 0 spiro atoms. The molecule has 8 heteroatoms. The van der Waals surface area contributed by atoms with Gasteiger partial charge in [0.05, 0.1) is 18.2 Å². The highest BCUT2D eigenvalue weighted by atomic mass is 16.5. The lowest BCUT2D eigenvalue weighted by Crippen LogP contribution is -2.41. The fourth-order valence-electron chi connectivity index (χ4n) is 6.17. The second-order valence-electron chi connectivity index (χ2n) is 11.0. The zero-order chi connectivity index (χ0) is 26.1. The molecule has 4 heterocycles. The summed E-state index contributed by atoms with van der Waals surface area (Å²) in [6.07, 6.45) is 5.40. The molecule has 2 aliphatic heterocycles. The Morgan fingerprint density at radius 2 is 1.84 bits per heavy atom. The molecule has 0 bridgehead atoms. The number of pyridine rings is 1. The molecule has 4 aromatic rings. The van der Waals surface area contributed by atoms with Crippen LogP contribution in [-0.2, 0) is 17.7 Å². The monoisotopic (exact) mass is 512 g/mol. The zero-order valence-corrected chi connectivity index (χ0v) is 22.3. The van der Waals surface area contributed by atoms with Gasteiger partial charge >= 0.3 is 0 Å². The number of nitrogens with zero attached hydrogens (tertiary/aromatic N) is 5. The fourth-order valence-corrected chi connectivity index (χ4v) is 6.17. The molecule has 2 fully saturated rings. The van der Waals surface area contributed by atoms with Crippen LogP contribution in [0.15, 0.2) is 53.3 Å². The number of benzene rings is 2. The van der Waals surface area contributed by atoms with E-state index in [4.69, 9.17) is 4.74 Å². The highest BCUT2D eigenvalue weighted by Crippen LogP contribution is 2.33. The van der Waals surface area contributed by atoms with Gasteiger partial charge in [-0.2, -0.15) is 0 Å². The van der Waals surface area contributed by atoms with E-state index in [9.17, 15) is 4.79 Å². The van der Waals surface area contributed by atoms with E-state index in [0.29, 0.717) is 18.0 Å². The summed E-state index contributed by atoms with van der Waals surface area (Å²) in [5, 5.41) is 14.0. The average Bonchev–Trinajstić information content (AvgIpc) is 3.62. The fraction of sp³-hybridized carbons (Fsp3) is 0.467. The van der Waals surface area contributed by atoms with Crippen LogP contribution >= 0.6 is 0 Å². The van der Waals surface area contributed by atoms with Crippen LogP contribution in [0.1, 0.15) is 59.8 Å². The SMILES string of the molecule is Cc1ccc(C)c2[nH]c(=O)c([C@@H](c3nnnn3C[C@@H]3CCCO3)N3CCC(Cc4ccccc4)CC3)cc12. The summed E-state index contributed by atoms with van der Waals surface area (Å²) in [6, 6.07) is 16.7. The summed E-state index contributed by atoms with van der Waals surface area (Å²) in [4.78, 5) is 19.3. The van der Waals surface area contributed by atoms with Gasteiger partial charge in [-0.25, -0.2) is 4.68 Å². The number of tetrazole rings is 1. The van der Waals surface area contributed by atoms with Crippen LogP contribution < -0.4 is 5.56 Å². The number of aromatic nitrogens is 5. The molecule has 0 amide bonds. The quantitative estimate of drug-likeness (QED) is 0.396. The van der Waals surface area contributed by atoms with E-state index in [1.54, 1.807) is 0 Å². The molecule has 0 aliphatic carbocycles. The largest absolute Gasteiger partial charge is 0.376 e. The number of fused-ring (bicyclic) bond motifs is 1. The van der Waals surface area contributed by atoms with Gasteiger partial charge in [0, 0.05) is 17.6 Å². The van der Waals surface area contributed by atoms with E-state index in [1.807, 2.05) is 11.6 Å². The van der Waals surface area contributed by atoms with Crippen molar-refractivity contribution in [3.05, 3.63) is 87.0 Å². The van der Waals surface area contributed by atoms with Crippen molar-refractivity contribution in [3.8, 4) is 0 Å². The first-order valence-corrected chi connectivity index (χ1v) is 13.9. The minimum Gasteiger partial charge on any atom is -0.376 e. The Balaban J connectivity index is 1.35. The first kappa shape index (κ1) is 24.9. The maximum absolute atomic E-state index is 13.7. The number of rotatable bonds is 7. The highest BCUT2D eigenvalue weighted by Gasteiger charge is 2.34. The third-order valence-corrected chi connectivity index (χ3v) is 8.35. The molecule has 198 valence electrons. The molecule has 0 saturated carbocycles. The summed E-state index contributed by atoms with van der Waals surface area (Å²) < 4.78 is 7.76. The number of H-pyrrole nitrogens is 1. The van der Waals surface area contributed by atoms with Gasteiger partial charge in [-0.1, -0.05) is 42.5 Å². The normalized spacial score (nSPS) is 19.8.